The molecule has 0 bridgehead atoms. The number of rotatable bonds is 18. The molecule has 0 aliphatic carbocycles. The van der Waals surface area contributed by atoms with Crippen LogP contribution in [0.3, 0.4) is 0 Å². The summed E-state index contributed by atoms with van der Waals surface area (Å²) in [6.45, 7) is 11.2. The molecule has 0 radical (unpaired) electrons. The number of ether oxygens (including phenoxy) is 2. The number of aliphatic carboxylic acids is 2. The van der Waals surface area contributed by atoms with Crippen LogP contribution in [0.1, 0.15) is 74.1 Å². The van der Waals surface area contributed by atoms with Gasteiger partial charge in [-0.25, -0.2) is 10.2 Å². The van der Waals surface area contributed by atoms with Gasteiger partial charge in [0.05, 0.1) is 37.4 Å². The highest BCUT2D eigenvalue weighted by Crippen LogP contribution is 2.07. The summed E-state index contributed by atoms with van der Waals surface area (Å²) >= 11 is 0. The molecule has 0 spiro atoms. The first kappa shape index (κ1) is 47.9. The van der Waals surface area contributed by atoms with E-state index in [0.717, 1.165) is 0 Å². The normalized spacial score (nSPS) is 13.2. The van der Waals surface area contributed by atoms with Crippen molar-refractivity contribution in [1.82, 2.24) is 37.4 Å². The predicted molar refractivity (Wildman–Crippen MR) is 176 cm³/mol. The van der Waals surface area contributed by atoms with Crippen LogP contribution in [0.4, 0.5) is 4.79 Å². The minimum atomic E-state index is -1.64. The van der Waals surface area contributed by atoms with Crippen LogP contribution in [0.25, 0.3) is 0 Å². The molecule has 21 heteroatoms. The van der Waals surface area contributed by atoms with Crippen LogP contribution in [0.15, 0.2) is 0 Å². The second-order valence-electron chi connectivity index (χ2n) is 12.7. The molecule has 0 rings (SSSR count). The number of nitrogens with one attached hydrogen (secondary N) is 7. The van der Waals surface area contributed by atoms with Crippen molar-refractivity contribution in [2.45, 2.75) is 110 Å². The highest BCUT2D eigenvalue weighted by molar-refractivity contribution is 5.95. The van der Waals surface area contributed by atoms with Crippen molar-refractivity contribution in [3.63, 3.8) is 0 Å². The number of amides is 5. The van der Waals surface area contributed by atoms with E-state index >= 15 is 0 Å². The Morgan fingerprint density at radius 3 is 1.57 bits per heavy atom. The van der Waals surface area contributed by atoms with Crippen LogP contribution >= 0.6 is 0 Å². The number of carboxylic acids is 2. The van der Waals surface area contributed by atoms with Gasteiger partial charge in [0.25, 0.3) is 0 Å². The van der Waals surface area contributed by atoms with Crippen molar-refractivity contribution in [2.75, 3.05) is 20.6 Å². The quantitative estimate of drug-likeness (QED) is 0.0404. The lowest BCUT2D eigenvalue weighted by Crippen LogP contribution is -2.56. The first-order chi connectivity index (χ1) is 23.3. The van der Waals surface area contributed by atoms with E-state index in [1.165, 1.54) is 14.0 Å². The molecule has 0 saturated heterocycles. The molecule has 0 aromatic carbocycles. The largest absolute Gasteiger partial charge is 0.481 e. The van der Waals surface area contributed by atoms with Gasteiger partial charge in [0.1, 0.15) is 35.9 Å². The van der Waals surface area contributed by atoms with Gasteiger partial charge in [0, 0.05) is 6.42 Å². The topological polar surface area (TPSA) is 314 Å². The van der Waals surface area contributed by atoms with Gasteiger partial charge in [0.2, 0.25) is 23.6 Å². The van der Waals surface area contributed by atoms with E-state index in [9.17, 15) is 47.9 Å². The summed E-state index contributed by atoms with van der Waals surface area (Å²) in [5.74, 6) is -6.68. The monoisotopic (exact) mass is 733 g/mol. The van der Waals surface area contributed by atoms with Gasteiger partial charge in [0.15, 0.2) is 0 Å². The van der Waals surface area contributed by atoms with E-state index in [4.69, 9.17) is 19.7 Å². The minimum Gasteiger partial charge on any atom is -0.481 e. The predicted octanol–water partition coefficient (Wildman–Crippen LogP) is -2.35. The smallest absolute Gasteiger partial charge is 0.426 e. The average Bonchev–Trinajstić information content (AvgIpc) is 2.97. The summed E-state index contributed by atoms with van der Waals surface area (Å²) in [5.41, 5.74) is 2.49. The molecular formula is C30H51N7O14. The van der Waals surface area contributed by atoms with E-state index in [0.29, 0.717) is 0 Å². The number of hydrazine groups is 1. The third-order valence-corrected chi connectivity index (χ3v) is 5.73. The maximum atomic E-state index is 12.5. The molecule has 0 aliphatic rings. The van der Waals surface area contributed by atoms with Gasteiger partial charge in [-0.15, -0.1) is 0 Å². The van der Waals surface area contributed by atoms with Crippen molar-refractivity contribution in [1.29, 1.82) is 0 Å². The highest BCUT2D eigenvalue weighted by Gasteiger charge is 2.30. The summed E-state index contributed by atoms with van der Waals surface area (Å²) in [7, 11) is 2.90. The Morgan fingerprint density at radius 2 is 1.14 bits per heavy atom. The number of Topliss-reactive ketones (excluding diaryl/α,β-unsaturated/α-hetero) is 1. The van der Waals surface area contributed by atoms with Gasteiger partial charge in [-0.3, -0.25) is 43.8 Å². The first-order valence-corrected chi connectivity index (χ1v) is 15.4. The van der Waals surface area contributed by atoms with Crippen molar-refractivity contribution >= 4 is 59.7 Å². The minimum absolute atomic E-state index is 0.00856. The second kappa shape index (κ2) is 23.3. The van der Waals surface area contributed by atoms with Crippen molar-refractivity contribution in [3.05, 3.63) is 0 Å². The lowest BCUT2D eigenvalue weighted by molar-refractivity contribution is -0.154. The Labute approximate surface area is 295 Å². The molecule has 9 N–H and O–H groups in total. The number of carbonyl (C=O) groups excluding carboxylic acids is 8. The van der Waals surface area contributed by atoms with Crippen molar-refractivity contribution < 1.29 is 67.6 Å². The van der Waals surface area contributed by atoms with E-state index in [1.54, 1.807) is 48.6 Å². The third kappa shape index (κ3) is 25.5. The van der Waals surface area contributed by atoms with Crippen molar-refractivity contribution in [3.8, 4) is 0 Å². The maximum absolute atomic E-state index is 12.5. The summed E-state index contributed by atoms with van der Waals surface area (Å²) in [4.78, 5) is 115. The zero-order valence-corrected chi connectivity index (χ0v) is 30.2. The average molecular weight is 734 g/mol. The molecule has 0 aliphatic heterocycles. The lowest BCUT2D eigenvalue weighted by Gasteiger charge is -2.23. The van der Waals surface area contributed by atoms with Gasteiger partial charge in [-0.1, -0.05) is 0 Å². The van der Waals surface area contributed by atoms with Crippen LogP contribution in [0.2, 0.25) is 0 Å². The number of esters is 1. The van der Waals surface area contributed by atoms with Crippen LogP contribution < -0.4 is 37.4 Å². The molecule has 0 aromatic rings. The summed E-state index contributed by atoms with van der Waals surface area (Å²) in [5, 5.41) is 29.5. The van der Waals surface area contributed by atoms with Gasteiger partial charge in [-0.05, 0) is 62.6 Å². The zero-order valence-electron chi connectivity index (χ0n) is 30.2. The van der Waals surface area contributed by atoms with Gasteiger partial charge in [-0.2, -0.15) is 0 Å². The number of carbonyl (C=O) groups is 10. The number of hydrogen-bond donors (Lipinski definition) is 9. The molecule has 0 heterocycles. The molecule has 21 nitrogen and oxygen atoms in total. The summed E-state index contributed by atoms with van der Waals surface area (Å²) < 4.78 is 9.95. The molecule has 4 atom stereocenters. The standard InChI is InChI=1S/C18H29N5O10.C12H22N2O4/c1-18(2,3)33-17(32)23-22-12(25)6-11(16(31)20-9(8-24)5-13(26)27)21-15(30)10(19-4)7-14(28)29;1-8(15)9(13-5)6-10(16)14-7-11(17)18-12(2,3)4/h8-11,19H,5-7H2,1-4H3,(H,20,31)(H,21,30)(H,22,25)(H,23,32)(H,26,27)(H,28,29);9,13H,6-7H2,1-5H3,(H,14,16). The number of aldehydes is 1. The molecule has 51 heavy (non-hydrogen) atoms. The molecule has 5 amide bonds. The van der Waals surface area contributed by atoms with E-state index in [1.807, 2.05) is 10.9 Å². The fourth-order valence-corrected chi connectivity index (χ4v) is 3.50. The molecule has 0 saturated carbocycles. The maximum Gasteiger partial charge on any atom is 0.426 e. The molecule has 290 valence electrons. The van der Waals surface area contributed by atoms with Gasteiger partial charge >= 0.3 is 24.0 Å². The number of hydrogen-bond acceptors (Lipinski definition) is 14. The fourth-order valence-electron chi connectivity index (χ4n) is 3.50. The van der Waals surface area contributed by atoms with E-state index in [-0.39, 0.29) is 30.9 Å². The van der Waals surface area contributed by atoms with Gasteiger partial charge < -0.3 is 51.1 Å². The SMILES string of the molecule is CNC(CC(=O)NCC(=O)OC(C)(C)C)C(C)=O.CNC(CC(=O)O)C(=O)NC(CC(=O)NNC(=O)OC(C)(C)C)C(=O)NC(C=O)CC(=O)O. The lowest BCUT2D eigenvalue weighted by atomic mass is 10.1. The molecule has 4 unspecified atom stereocenters. The summed E-state index contributed by atoms with van der Waals surface area (Å²) in [6.07, 6.45) is -2.97. The fraction of sp³-hybridized carbons (Fsp3) is 0.667. The van der Waals surface area contributed by atoms with Crippen LogP contribution in [0.5, 0.6) is 0 Å². The Kier molecular flexibility index (Phi) is 21.9. The summed E-state index contributed by atoms with van der Waals surface area (Å²) in [6, 6.07) is -4.87. The van der Waals surface area contributed by atoms with Crippen LogP contribution in [0, 0.1) is 0 Å². The first-order valence-electron chi connectivity index (χ1n) is 15.4. The Balaban J connectivity index is 0. The zero-order chi connectivity index (χ0) is 40.1. The number of likely N-dealkylation sites (N-methyl/N-ethyl adjacent to an activating group) is 2. The van der Waals surface area contributed by atoms with Crippen LogP contribution in [-0.2, 0) is 52.6 Å². The van der Waals surface area contributed by atoms with Crippen LogP contribution in [-0.4, -0.2) is 126 Å². The molecule has 0 aromatic heterocycles. The van der Waals surface area contributed by atoms with E-state index < -0.39 is 96.4 Å². The number of carboxylic acid groups (broad SMARTS) is 2. The molecule has 0 fully saturated rings. The Morgan fingerprint density at radius 1 is 0.647 bits per heavy atom. The van der Waals surface area contributed by atoms with Crippen molar-refractivity contribution in [2.24, 2.45) is 0 Å². The Bertz CT molecular complexity index is 1260. The number of ketones is 1. The second-order valence-corrected chi connectivity index (χ2v) is 12.7. The Hall–Kier alpha value is -5.18. The highest BCUT2D eigenvalue weighted by atomic mass is 16.6. The third-order valence-electron chi connectivity index (χ3n) is 5.73. The molecular weight excluding hydrogens is 682 g/mol. The van der Waals surface area contributed by atoms with E-state index in [2.05, 4.69) is 26.6 Å².